The highest BCUT2D eigenvalue weighted by molar-refractivity contribution is 6.08. The molecular formula is C17H23N3O. The van der Waals surface area contributed by atoms with Crippen LogP contribution in [0.2, 0.25) is 0 Å². The molecule has 0 atom stereocenters. The first-order valence-corrected chi connectivity index (χ1v) is 7.90. The van der Waals surface area contributed by atoms with E-state index in [1.54, 1.807) is 0 Å². The largest absolute Gasteiger partial charge is 0.323 e. The number of amidine groups is 1. The van der Waals surface area contributed by atoms with Crippen LogP contribution in [0.15, 0.2) is 30.3 Å². The van der Waals surface area contributed by atoms with Gasteiger partial charge in [-0.25, -0.2) is 4.79 Å². The molecule has 1 saturated carbocycles. The van der Waals surface area contributed by atoms with E-state index in [-0.39, 0.29) is 11.6 Å². The molecule has 4 nitrogen and oxygen atoms in total. The minimum atomic E-state index is -0.363. The third kappa shape index (κ3) is 2.33. The van der Waals surface area contributed by atoms with Crippen LogP contribution in [0.5, 0.6) is 0 Å². The summed E-state index contributed by atoms with van der Waals surface area (Å²) in [5.41, 5.74) is 1.02. The number of nitrogens with one attached hydrogen (secondary N) is 2. The molecular weight excluding hydrogens is 262 g/mol. The fourth-order valence-electron chi connectivity index (χ4n) is 3.83. The molecule has 1 aromatic carbocycles. The van der Waals surface area contributed by atoms with E-state index in [9.17, 15) is 4.79 Å². The molecule has 1 aliphatic heterocycles. The Morgan fingerprint density at radius 2 is 1.95 bits per heavy atom. The van der Waals surface area contributed by atoms with Crippen LogP contribution in [-0.4, -0.2) is 28.9 Å². The standard InChI is InChI=1S/C17H23N3O/c1-2-12-20-16(21)19-15(18)17(20)10-8-14(9-11-17)13-6-4-3-5-7-13/h3-7,14H,2,8-12H2,1H3,(H2,18,19,21). The summed E-state index contributed by atoms with van der Waals surface area (Å²) in [7, 11) is 0. The van der Waals surface area contributed by atoms with Crippen LogP contribution >= 0.6 is 0 Å². The van der Waals surface area contributed by atoms with Gasteiger partial charge in [0.2, 0.25) is 0 Å². The second-order valence-corrected chi connectivity index (χ2v) is 6.17. The topological polar surface area (TPSA) is 56.2 Å². The highest BCUT2D eigenvalue weighted by atomic mass is 16.2. The Labute approximate surface area is 126 Å². The number of carbonyl (C=O) groups is 1. The number of nitrogens with zero attached hydrogens (tertiary/aromatic N) is 1. The molecule has 3 rings (SSSR count). The average molecular weight is 285 g/mol. The Kier molecular flexibility index (Phi) is 3.70. The van der Waals surface area contributed by atoms with Crippen LogP contribution < -0.4 is 5.32 Å². The maximum atomic E-state index is 12.1. The number of rotatable bonds is 3. The van der Waals surface area contributed by atoms with Gasteiger partial charge in [0.05, 0.1) is 0 Å². The quantitative estimate of drug-likeness (QED) is 0.877. The van der Waals surface area contributed by atoms with Crippen molar-refractivity contribution in [2.45, 2.75) is 50.5 Å². The molecule has 0 bridgehead atoms. The molecule has 1 aliphatic carbocycles. The SMILES string of the molecule is CCCN1C(=O)NC(=N)C12CCC(c1ccccc1)CC2. The van der Waals surface area contributed by atoms with Gasteiger partial charge in [-0.15, -0.1) is 0 Å². The number of carbonyl (C=O) groups excluding carboxylic acids is 1. The molecule has 1 heterocycles. The predicted molar refractivity (Wildman–Crippen MR) is 83.6 cm³/mol. The smallest absolute Gasteiger partial charge is 0.312 e. The molecule has 2 fully saturated rings. The van der Waals surface area contributed by atoms with Crippen molar-refractivity contribution in [3.05, 3.63) is 35.9 Å². The summed E-state index contributed by atoms with van der Waals surface area (Å²) in [6, 6.07) is 10.5. The van der Waals surface area contributed by atoms with Crippen molar-refractivity contribution in [3.8, 4) is 0 Å². The Morgan fingerprint density at radius 1 is 1.29 bits per heavy atom. The summed E-state index contributed by atoms with van der Waals surface area (Å²) in [4.78, 5) is 14.0. The summed E-state index contributed by atoms with van der Waals surface area (Å²) >= 11 is 0. The fourth-order valence-corrected chi connectivity index (χ4v) is 3.83. The molecule has 0 unspecified atom stereocenters. The third-order valence-corrected chi connectivity index (χ3v) is 4.99. The maximum Gasteiger partial charge on any atom is 0.323 e. The lowest BCUT2D eigenvalue weighted by Gasteiger charge is -2.42. The summed E-state index contributed by atoms with van der Waals surface area (Å²) in [6.07, 6.45) is 4.81. The van der Waals surface area contributed by atoms with Crippen molar-refractivity contribution in [3.63, 3.8) is 0 Å². The lowest BCUT2D eigenvalue weighted by atomic mass is 9.73. The minimum Gasteiger partial charge on any atom is -0.312 e. The number of benzene rings is 1. The van der Waals surface area contributed by atoms with Crippen molar-refractivity contribution in [2.75, 3.05) is 6.54 Å². The molecule has 112 valence electrons. The number of hydrogen-bond acceptors (Lipinski definition) is 2. The van der Waals surface area contributed by atoms with E-state index in [1.165, 1.54) is 5.56 Å². The molecule has 1 aromatic rings. The van der Waals surface area contributed by atoms with E-state index in [1.807, 2.05) is 11.0 Å². The highest BCUT2D eigenvalue weighted by Gasteiger charge is 2.51. The zero-order chi connectivity index (χ0) is 14.9. The molecule has 4 heteroatoms. The van der Waals surface area contributed by atoms with Gasteiger partial charge in [-0.3, -0.25) is 10.7 Å². The second kappa shape index (κ2) is 5.51. The van der Waals surface area contributed by atoms with Gasteiger partial charge in [0, 0.05) is 6.54 Å². The predicted octanol–water partition coefficient (Wildman–Crippen LogP) is 3.50. The van der Waals surface area contributed by atoms with Crippen LogP contribution in [-0.2, 0) is 0 Å². The second-order valence-electron chi connectivity index (χ2n) is 6.17. The van der Waals surface area contributed by atoms with Gasteiger partial charge in [-0.1, -0.05) is 37.3 Å². The van der Waals surface area contributed by atoms with Crippen LogP contribution in [0.4, 0.5) is 4.79 Å². The van der Waals surface area contributed by atoms with Crippen molar-refractivity contribution >= 4 is 11.9 Å². The molecule has 2 N–H and O–H groups in total. The molecule has 0 aromatic heterocycles. The first-order chi connectivity index (χ1) is 10.2. The van der Waals surface area contributed by atoms with E-state index in [2.05, 4.69) is 36.5 Å². The van der Waals surface area contributed by atoms with Gasteiger partial charge < -0.3 is 4.90 Å². The van der Waals surface area contributed by atoms with E-state index in [0.717, 1.165) is 38.6 Å². The van der Waals surface area contributed by atoms with E-state index in [4.69, 9.17) is 5.41 Å². The van der Waals surface area contributed by atoms with Crippen molar-refractivity contribution in [1.82, 2.24) is 10.2 Å². The van der Waals surface area contributed by atoms with Gasteiger partial charge in [0.1, 0.15) is 11.4 Å². The van der Waals surface area contributed by atoms with Crippen LogP contribution in [0.25, 0.3) is 0 Å². The van der Waals surface area contributed by atoms with Crippen molar-refractivity contribution < 1.29 is 4.79 Å². The molecule has 21 heavy (non-hydrogen) atoms. The zero-order valence-electron chi connectivity index (χ0n) is 12.6. The van der Waals surface area contributed by atoms with Gasteiger partial charge in [-0.2, -0.15) is 0 Å². The maximum absolute atomic E-state index is 12.1. The average Bonchev–Trinajstić information content (AvgIpc) is 2.74. The molecule has 2 amide bonds. The van der Waals surface area contributed by atoms with E-state index in [0.29, 0.717) is 11.8 Å². The lowest BCUT2D eigenvalue weighted by Crippen LogP contribution is -2.51. The van der Waals surface area contributed by atoms with Gasteiger partial charge >= 0.3 is 6.03 Å². The van der Waals surface area contributed by atoms with E-state index < -0.39 is 0 Å². The Bertz CT molecular complexity index is 532. The summed E-state index contributed by atoms with van der Waals surface area (Å²) in [6.45, 7) is 2.82. The van der Waals surface area contributed by atoms with Crippen molar-refractivity contribution in [1.29, 1.82) is 5.41 Å². The lowest BCUT2D eigenvalue weighted by molar-refractivity contribution is 0.140. The highest BCUT2D eigenvalue weighted by Crippen LogP contribution is 2.43. The van der Waals surface area contributed by atoms with Gasteiger partial charge in [0.25, 0.3) is 0 Å². The summed E-state index contributed by atoms with van der Waals surface area (Å²) in [5.74, 6) is 0.969. The zero-order valence-corrected chi connectivity index (χ0v) is 12.6. The Balaban J connectivity index is 1.77. The molecule has 1 spiro atoms. The van der Waals surface area contributed by atoms with Crippen LogP contribution in [0.1, 0.15) is 50.5 Å². The van der Waals surface area contributed by atoms with Gasteiger partial charge in [-0.05, 0) is 43.6 Å². The fraction of sp³-hybridized carbons (Fsp3) is 0.529. The van der Waals surface area contributed by atoms with Crippen LogP contribution in [0, 0.1) is 5.41 Å². The van der Waals surface area contributed by atoms with Crippen LogP contribution in [0.3, 0.4) is 0 Å². The van der Waals surface area contributed by atoms with E-state index >= 15 is 0 Å². The minimum absolute atomic E-state index is 0.0833. The summed E-state index contributed by atoms with van der Waals surface area (Å²) < 4.78 is 0. The number of amides is 2. The third-order valence-electron chi connectivity index (χ3n) is 4.99. The first kappa shape index (κ1) is 14.1. The van der Waals surface area contributed by atoms with Gasteiger partial charge in [0.15, 0.2) is 0 Å². The number of urea groups is 1. The molecule has 1 saturated heterocycles. The Hall–Kier alpha value is -1.84. The molecule has 2 aliphatic rings. The summed E-state index contributed by atoms with van der Waals surface area (Å²) in [5, 5.41) is 11.0. The number of hydrogen-bond donors (Lipinski definition) is 2. The first-order valence-electron chi connectivity index (χ1n) is 7.90. The Morgan fingerprint density at radius 3 is 2.57 bits per heavy atom. The normalized spacial score (nSPS) is 29.0. The van der Waals surface area contributed by atoms with Crippen molar-refractivity contribution in [2.24, 2.45) is 0 Å². The monoisotopic (exact) mass is 285 g/mol. The molecule has 0 radical (unpaired) electrons.